The molecule has 8 N–H and O–H groups in total. The van der Waals surface area contributed by atoms with Gasteiger partial charge in [-0.15, -0.1) is 0 Å². The normalized spacial score (nSPS) is 17.9. The molecule has 22 heteroatoms. The lowest BCUT2D eigenvalue weighted by atomic mass is 9.85. The first-order valence-corrected chi connectivity index (χ1v) is 29.6. The molecule has 0 saturated carbocycles. The van der Waals surface area contributed by atoms with Crippen LogP contribution in [-0.2, 0) is 50.3 Å². The van der Waals surface area contributed by atoms with Crippen molar-refractivity contribution in [3.63, 3.8) is 0 Å². The number of aromatic nitrogens is 1. The fourth-order valence-corrected chi connectivity index (χ4v) is 11.4. The zero-order valence-corrected chi connectivity index (χ0v) is 46.8. The number of aromatic amines is 1. The summed E-state index contributed by atoms with van der Waals surface area (Å²) in [5.74, 6) is 1.75. The number of imide groups is 1. The highest BCUT2D eigenvalue weighted by molar-refractivity contribution is 7.52. The van der Waals surface area contributed by atoms with Gasteiger partial charge >= 0.3 is 13.3 Å². The van der Waals surface area contributed by atoms with Crippen molar-refractivity contribution >= 4 is 65.6 Å². The summed E-state index contributed by atoms with van der Waals surface area (Å²) in [6, 6.07) is 23.9. The second-order valence-corrected chi connectivity index (χ2v) is 22.9. The van der Waals surface area contributed by atoms with E-state index in [0.29, 0.717) is 36.8 Å². The van der Waals surface area contributed by atoms with E-state index in [2.05, 4.69) is 32.8 Å². The van der Waals surface area contributed by atoms with E-state index < -0.39 is 84.5 Å². The number of ketones is 1. The minimum absolute atomic E-state index is 0.0265. The van der Waals surface area contributed by atoms with Gasteiger partial charge in [0.05, 0.1) is 12.1 Å². The monoisotopic (exact) mass is 1160 g/mol. The maximum atomic E-state index is 14.9. The molecule has 5 aromatic rings. The number of alkyl halides is 2. The summed E-state index contributed by atoms with van der Waals surface area (Å²) < 4.78 is 47.3. The smallest absolute Gasteiger partial charge is 0.376 e. The van der Waals surface area contributed by atoms with Gasteiger partial charge in [-0.3, -0.25) is 48.2 Å². The first-order chi connectivity index (χ1) is 39.7. The third kappa shape index (κ3) is 15.0. The molecule has 0 bridgehead atoms. The van der Waals surface area contributed by atoms with E-state index in [-0.39, 0.29) is 98.8 Å². The van der Waals surface area contributed by atoms with Crippen LogP contribution in [0.25, 0.3) is 10.9 Å². The van der Waals surface area contributed by atoms with Gasteiger partial charge in [-0.2, -0.15) is 8.78 Å². The van der Waals surface area contributed by atoms with Crippen molar-refractivity contribution in [3.8, 4) is 11.8 Å². The van der Waals surface area contributed by atoms with Crippen LogP contribution in [0.4, 0.5) is 8.78 Å². The number of hydrogen-bond acceptors (Lipinski definition) is 10. The molecule has 0 radical (unpaired) electrons. The van der Waals surface area contributed by atoms with Crippen LogP contribution in [0, 0.1) is 11.8 Å². The highest BCUT2D eigenvalue weighted by Gasteiger charge is 2.50. The number of Topliss-reactive ketones (excluding diaryl/α,β-unsaturated/α-hetero) is 1. The van der Waals surface area contributed by atoms with E-state index in [9.17, 15) is 61.5 Å². The van der Waals surface area contributed by atoms with E-state index in [4.69, 9.17) is 10.5 Å². The standard InChI is InChI=1S/C61H68F2N7O12P/c1-2-3-24-49(67-56(74)50-33-41-32-42(25-26-47(41)65-50)61(62,63)83(79,80)81)60(78)69-36-43(34-52(69)58(76)66-48(27-29-54(64)72)53(71)35-45(38-17-11-8-12-18-38)39-19-13-9-14-20-39)82-31-15-7-5-4-6-10-21-40-22-16-23-44-46(40)37-70(59(44)77)51-28-30-55(73)68-57(51)75/h8-9,11-14,16-20,22-23,25-26,32-33,43,45,48-49,51-52,65H,2-7,15,24,27-31,34-37H2,1H3,(H2,64,72)(H,66,76)(H,67,74)(H,68,73,75)(H2,79,80,81)/t43-,48-,49-,51?,52-/m0/s1. The number of primary amides is 1. The Morgan fingerprint density at radius 2 is 1.58 bits per heavy atom. The number of piperidine rings is 1. The van der Waals surface area contributed by atoms with Crippen molar-refractivity contribution in [3.05, 3.63) is 142 Å². The fourth-order valence-electron chi connectivity index (χ4n) is 10.9. The highest BCUT2D eigenvalue weighted by atomic mass is 31.2. The Kier molecular flexibility index (Phi) is 20.2. The highest BCUT2D eigenvalue weighted by Crippen LogP contribution is 2.59. The van der Waals surface area contributed by atoms with Gasteiger partial charge in [-0.25, -0.2) is 0 Å². The predicted octanol–water partition coefficient (Wildman–Crippen LogP) is 6.97. The molecule has 1 aromatic heterocycles. The molecule has 5 atom stereocenters. The minimum Gasteiger partial charge on any atom is -0.376 e. The van der Waals surface area contributed by atoms with Crippen molar-refractivity contribution in [2.24, 2.45) is 5.73 Å². The molecule has 2 fully saturated rings. The van der Waals surface area contributed by atoms with Gasteiger partial charge in [0.15, 0.2) is 5.78 Å². The van der Waals surface area contributed by atoms with Crippen LogP contribution in [0.3, 0.4) is 0 Å². The molecule has 4 heterocycles. The van der Waals surface area contributed by atoms with E-state index in [1.165, 1.54) is 15.9 Å². The Morgan fingerprint density at radius 3 is 2.25 bits per heavy atom. The number of fused-ring (bicyclic) bond motifs is 2. The number of unbranched alkanes of at least 4 members (excludes halogenated alkanes) is 5. The molecule has 4 aromatic carbocycles. The number of carbonyl (C=O) groups excluding carboxylic acids is 8. The molecule has 1 unspecified atom stereocenters. The first-order valence-electron chi connectivity index (χ1n) is 28.0. The lowest BCUT2D eigenvalue weighted by Crippen LogP contribution is -2.55. The number of H-pyrrole nitrogens is 1. The average Bonchev–Trinajstić information content (AvgIpc) is 4.37. The van der Waals surface area contributed by atoms with Crippen LogP contribution in [-0.4, -0.2) is 115 Å². The summed E-state index contributed by atoms with van der Waals surface area (Å²) in [6.07, 6.45) is 4.17. The molecule has 438 valence electrons. The molecule has 2 saturated heterocycles. The quantitative estimate of drug-likeness (QED) is 0.0128. The molecule has 0 spiro atoms. The van der Waals surface area contributed by atoms with Gasteiger partial charge in [0, 0.05) is 85.3 Å². The Labute approximate surface area is 479 Å². The second kappa shape index (κ2) is 27.5. The number of ether oxygens (including phenoxy) is 1. The largest absolute Gasteiger partial charge is 0.399 e. The Bertz CT molecular complexity index is 3300. The Morgan fingerprint density at radius 1 is 0.867 bits per heavy atom. The summed E-state index contributed by atoms with van der Waals surface area (Å²) in [5, 5.41) is 7.99. The number of carbonyl (C=O) groups is 8. The second-order valence-electron chi connectivity index (χ2n) is 21.3. The summed E-state index contributed by atoms with van der Waals surface area (Å²) >= 11 is 0. The number of rotatable bonds is 26. The number of nitrogens with one attached hydrogen (secondary N) is 4. The molecule has 0 aliphatic carbocycles. The summed E-state index contributed by atoms with van der Waals surface area (Å²) in [6.45, 7) is 2.33. The van der Waals surface area contributed by atoms with Gasteiger partial charge in [-0.05, 0) is 79.1 Å². The number of benzene rings is 4. The molecule has 3 aliphatic heterocycles. The number of nitrogens with zero attached hydrogens (tertiary/aromatic N) is 2. The van der Waals surface area contributed by atoms with Gasteiger partial charge < -0.3 is 45.7 Å². The zero-order chi connectivity index (χ0) is 59.4. The molecule has 83 heavy (non-hydrogen) atoms. The third-order valence-corrected chi connectivity index (χ3v) is 16.4. The van der Waals surface area contributed by atoms with Gasteiger partial charge in [0.2, 0.25) is 29.5 Å². The molecular weight excluding hydrogens is 1090 g/mol. The van der Waals surface area contributed by atoms with Crippen LogP contribution in [0.5, 0.6) is 0 Å². The lowest BCUT2D eigenvalue weighted by Gasteiger charge is -2.30. The Balaban J connectivity index is 0.941. The average molecular weight is 1160 g/mol. The summed E-state index contributed by atoms with van der Waals surface area (Å²) in [7, 11) is -5.89. The van der Waals surface area contributed by atoms with E-state index >= 15 is 0 Å². The van der Waals surface area contributed by atoms with Gasteiger partial charge in [-0.1, -0.05) is 117 Å². The topological polar surface area (TPSA) is 288 Å². The third-order valence-electron chi connectivity index (χ3n) is 15.4. The molecule has 19 nitrogen and oxygen atoms in total. The van der Waals surface area contributed by atoms with Crippen molar-refractivity contribution < 1.29 is 66.2 Å². The van der Waals surface area contributed by atoms with E-state index in [1.807, 2.05) is 73.7 Å². The zero-order valence-electron chi connectivity index (χ0n) is 46.0. The lowest BCUT2D eigenvalue weighted by molar-refractivity contribution is -0.141. The number of amides is 7. The van der Waals surface area contributed by atoms with Crippen LogP contribution in [0.1, 0.15) is 151 Å². The molecule has 7 amide bonds. The van der Waals surface area contributed by atoms with E-state index in [0.717, 1.165) is 54.2 Å². The molecular formula is C61H68F2N7O12P. The SMILES string of the molecule is CCCC[C@H](NC(=O)c1cc2cc(C(F)(F)P(=O)(O)O)ccc2[nH]1)C(=O)N1C[C@@H](OCCCCCCC#Cc2cccc3c2CN(C2CCC(=O)NC2=O)C3=O)C[C@H]1C(=O)N[C@@H](CCC(N)=O)C(=O)CC(c1ccccc1)c1ccccc1. The van der Waals surface area contributed by atoms with Crippen molar-refractivity contribution in [2.75, 3.05) is 13.2 Å². The number of likely N-dealkylation sites (tertiary alicyclic amines) is 1. The van der Waals surface area contributed by atoms with Gasteiger partial charge in [0.25, 0.3) is 11.8 Å². The van der Waals surface area contributed by atoms with Crippen molar-refractivity contribution in [1.29, 1.82) is 0 Å². The minimum atomic E-state index is -5.89. The van der Waals surface area contributed by atoms with Crippen LogP contribution >= 0.6 is 7.60 Å². The number of halogens is 2. The van der Waals surface area contributed by atoms with Crippen LogP contribution in [0.2, 0.25) is 0 Å². The predicted molar refractivity (Wildman–Crippen MR) is 302 cm³/mol. The fraction of sp³-hybridized carbons (Fsp3) is 0.410. The first kappa shape index (κ1) is 61.2. The summed E-state index contributed by atoms with van der Waals surface area (Å²) in [4.78, 5) is 132. The van der Waals surface area contributed by atoms with Crippen molar-refractivity contribution in [2.45, 2.75) is 145 Å². The maximum Gasteiger partial charge on any atom is 0.399 e. The Hall–Kier alpha value is -7.89. The summed E-state index contributed by atoms with van der Waals surface area (Å²) in [5.41, 5.74) is 3.85. The number of hydrogen-bond donors (Lipinski definition) is 7. The molecule has 8 rings (SSSR count). The maximum absolute atomic E-state index is 14.9. The van der Waals surface area contributed by atoms with E-state index in [1.54, 1.807) is 12.1 Å². The van der Waals surface area contributed by atoms with Crippen LogP contribution < -0.4 is 21.7 Å². The molecule has 3 aliphatic rings. The van der Waals surface area contributed by atoms with Gasteiger partial charge in [0.1, 0.15) is 23.8 Å². The van der Waals surface area contributed by atoms with Crippen LogP contribution in [0.15, 0.2) is 103 Å². The van der Waals surface area contributed by atoms with Crippen molar-refractivity contribution in [1.82, 2.24) is 30.7 Å². The number of nitrogens with two attached hydrogens (primary N) is 1.